The number of urea groups is 1. The summed E-state index contributed by atoms with van der Waals surface area (Å²) in [6.07, 6.45) is 0.559. The molecule has 7 heteroatoms. The number of hydrogen-bond acceptors (Lipinski definition) is 3. The van der Waals surface area contributed by atoms with Crippen molar-refractivity contribution in [1.82, 2.24) is 14.8 Å². The van der Waals surface area contributed by atoms with E-state index >= 15 is 0 Å². The van der Waals surface area contributed by atoms with Crippen LogP contribution in [0.15, 0.2) is 40.2 Å². The van der Waals surface area contributed by atoms with Crippen LogP contribution in [0.1, 0.15) is 29.1 Å². The number of carbonyl (C=O) groups excluding carboxylic acids is 2. The minimum Gasteiger partial charge on any atom is -0.356 e. The lowest BCUT2D eigenvalue weighted by Crippen LogP contribution is -2.43. The van der Waals surface area contributed by atoms with E-state index in [-0.39, 0.29) is 18.0 Å². The third-order valence-corrected chi connectivity index (χ3v) is 6.99. The van der Waals surface area contributed by atoms with Crippen molar-refractivity contribution >= 4 is 50.1 Å². The monoisotopic (exact) mass is 429 g/mol. The van der Waals surface area contributed by atoms with Gasteiger partial charge in [0, 0.05) is 34.4 Å². The lowest BCUT2D eigenvalue weighted by molar-refractivity contribution is -0.128. The van der Waals surface area contributed by atoms with E-state index < -0.39 is 6.04 Å². The van der Waals surface area contributed by atoms with Crippen LogP contribution in [0.5, 0.6) is 0 Å². The molecule has 1 saturated heterocycles. The Morgan fingerprint density at radius 1 is 1.23 bits per heavy atom. The normalized spacial score (nSPS) is 22.2. The van der Waals surface area contributed by atoms with Crippen molar-refractivity contribution in [3.05, 3.63) is 56.3 Å². The molecule has 5 nitrogen and oxygen atoms in total. The number of rotatable bonds is 2. The van der Waals surface area contributed by atoms with E-state index in [9.17, 15) is 9.59 Å². The predicted molar refractivity (Wildman–Crippen MR) is 104 cm³/mol. The van der Waals surface area contributed by atoms with Crippen molar-refractivity contribution in [2.45, 2.75) is 25.4 Å². The first kappa shape index (κ1) is 16.1. The molecule has 0 saturated carbocycles. The number of thiophene rings is 1. The van der Waals surface area contributed by atoms with Crippen LogP contribution >= 0.6 is 27.3 Å². The first-order valence-electron chi connectivity index (χ1n) is 8.58. The topological polar surface area (TPSA) is 56.4 Å². The summed E-state index contributed by atoms with van der Waals surface area (Å²) in [6, 6.07) is 11.3. The van der Waals surface area contributed by atoms with Crippen molar-refractivity contribution in [2.24, 2.45) is 0 Å². The smallest absolute Gasteiger partial charge is 0.328 e. The molecule has 2 aliphatic rings. The summed E-state index contributed by atoms with van der Waals surface area (Å²) >= 11 is 5.13. The number of hydrogen-bond donors (Lipinski definition) is 1. The molecule has 26 heavy (non-hydrogen) atoms. The van der Waals surface area contributed by atoms with E-state index in [1.807, 2.05) is 37.3 Å². The van der Waals surface area contributed by atoms with E-state index in [1.165, 1.54) is 4.90 Å². The van der Waals surface area contributed by atoms with Gasteiger partial charge in [-0.3, -0.25) is 14.6 Å². The van der Waals surface area contributed by atoms with Gasteiger partial charge in [-0.05, 0) is 46.6 Å². The van der Waals surface area contributed by atoms with Crippen molar-refractivity contribution < 1.29 is 9.59 Å². The highest BCUT2D eigenvalue weighted by molar-refractivity contribution is 9.11. The Balaban J connectivity index is 1.76. The number of para-hydroxylation sites is 1. The van der Waals surface area contributed by atoms with Crippen molar-refractivity contribution in [2.75, 3.05) is 6.54 Å². The summed E-state index contributed by atoms with van der Waals surface area (Å²) in [4.78, 5) is 33.6. The molecule has 132 valence electrons. The zero-order valence-electron chi connectivity index (χ0n) is 14.0. The molecule has 1 N–H and O–H groups in total. The van der Waals surface area contributed by atoms with Crippen LogP contribution in [-0.2, 0) is 11.2 Å². The number of nitrogens with one attached hydrogen (secondary N) is 1. The van der Waals surface area contributed by atoms with Crippen molar-refractivity contribution in [1.29, 1.82) is 0 Å². The van der Waals surface area contributed by atoms with Gasteiger partial charge in [-0.15, -0.1) is 11.3 Å². The zero-order valence-corrected chi connectivity index (χ0v) is 16.4. The molecule has 0 spiro atoms. The van der Waals surface area contributed by atoms with Gasteiger partial charge in [0.05, 0.1) is 3.79 Å². The number of carbonyl (C=O) groups is 2. The van der Waals surface area contributed by atoms with E-state index in [2.05, 4.69) is 27.0 Å². The maximum Gasteiger partial charge on any atom is 0.328 e. The maximum atomic E-state index is 13.0. The third kappa shape index (κ3) is 2.07. The number of nitrogens with zero attached hydrogens (tertiary/aromatic N) is 2. The molecular formula is C19H16BrN3O2S. The molecule has 3 amide bonds. The lowest BCUT2D eigenvalue weighted by atomic mass is 9.91. The second kappa shape index (κ2) is 5.69. The zero-order chi connectivity index (χ0) is 18.0. The standard InChI is InChI=1S/C19H16BrN3O2S/c1-2-22-18(24)13-9-11-10-5-3-4-6-12(10)21-16(11)17(23(13)19(22)25)14-7-8-15(20)26-14/h3-8,13,17,21H,2,9H2,1H3/t13-,17-/m0/s1. The van der Waals surface area contributed by atoms with Crippen LogP contribution < -0.4 is 0 Å². The number of H-pyrrole nitrogens is 1. The molecule has 0 unspecified atom stereocenters. The molecule has 2 aromatic heterocycles. The number of fused-ring (bicyclic) bond motifs is 4. The van der Waals surface area contributed by atoms with E-state index in [0.717, 1.165) is 30.8 Å². The van der Waals surface area contributed by atoms with Gasteiger partial charge in [0.2, 0.25) is 0 Å². The molecule has 0 aliphatic carbocycles. The van der Waals surface area contributed by atoms with Gasteiger partial charge in [0.1, 0.15) is 12.1 Å². The van der Waals surface area contributed by atoms with Gasteiger partial charge in [-0.2, -0.15) is 0 Å². The van der Waals surface area contributed by atoms with Gasteiger partial charge in [0.15, 0.2) is 0 Å². The summed E-state index contributed by atoms with van der Waals surface area (Å²) in [7, 11) is 0. The number of aromatic nitrogens is 1. The van der Waals surface area contributed by atoms with Gasteiger partial charge in [-0.25, -0.2) is 4.79 Å². The fourth-order valence-electron chi connectivity index (χ4n) is 4.19. The average molecular weight is 430 g/mol. The van der Waals surface area contributed by atoms with Crippen LogP contribution in [0.3, 0.4) is 0 Å². The number of amides is 3. The number of benzene rings is 1. The number of aromatic amines is 1. The van der Waals surface area contributed by atoms with Gasteiger partial charge >= 0.3 is 6.03 Å². The summed E-state index contributed by atoms with van der Waals surface area (Å²) < 4.78 is 1.01. The van der Waals surface area contributed by atoms with E-state index in [0.29, 0.717) is 13.0 Å². The molecule has 4 heterocycles. The quantitative estimate of drug-likeness (QED) is 0.617. The summed E-state index contributed by atoms with van der Waals surface area (Å²) in [5.41, 5.74) is 3.22. The molecular weight excluding hydrogens is 414 g/mol. The molecule has 3 aromatic rings. The molecule has 1 fully saturated rings. The summed E-state index contributed by atoms with van der Waals surface area (Å²) in [5.74, 6) is -0.0888. The molecule has 5 rings (SSSR count). The summed E-state index contributed by atoms with van der Waals surface area (Å²) in [6.45, 7) is 2.25. The van der Waals surface area contributed by atoms with E-state index in [1.54, 1.807) is 16.2 Å². The number of likely N-dealkylation sites (N-methyl/N-ethyl adjacent to an activating group) is 1. The van der Waals surface area contributed by atoms with Crippen molar-refractivity contribution in [3.63, 3.8) is 0 Å². The van der Waals surface area contributed by atoms with Crippen LogP contribution in [0.4, 0.5) is 4.79 Å². The Kier molecular flexibility index (Phi) is 3.52. The molecule has 2 aliphatic heterocycles. The fraction of sp³-hybridized carbons (Fsp3) is 0.263. The Morgan fingerprint density at radius 3 is 2.77 bits per heavy atom. The first-order chi connectivity index (χ1) is 12.6. The predicted octanol–water partition coefficient (Wildman–Crippen LogP) is 4.29. The highest BCUT2D eigenvalue weighted by atomic mass is 79.9. The number of halogens is 1. The molecule has 0 bridgehead atoms. The Hall–Kier alpha value is -2.12. The summed E-state index contributed by atoms with van der Waals surface area (Å²) in [5, 5.41) is 1.14. The van der Waals surface area contributed by atoms with Crippen LogP contribution in [-0.4, -0.2) is 39.3 Å². The van der Waals surface area contributed by atoms with Gasteiger partial charge in [0.25, 0.3) is 5.91 Å². The SMILES string of the molecule is CCN1C(=O)[C@@H]2Cc3c([nH]c4ccccc34)[C@H](c3ccc(Br)s3)N2C1=O. The molecule has 1 aromatic carbocycles. The Labute approximate surface area is 162 Å². The molecule has 0 radical (unpaired) electrons. The second-order valence-electron chi connectivity index (χ2n) is 6.60. The highest BCUT2D eigenvalue weighted by Crippen LogP contribution is 2.45. The van der Waals surface area contributed by atoms with Gasteiger partial charge in [-0.1, -0.05) is 18.2 Å². The average Bonchev–Trinajstić information content (AvgIpc) is 3.29. The highest BCUT2D eigenvalue weighted by Gasteiger charge is 2.52. The van der Waals surface area contributed by atoms with Crippen molar-refractivity contribution in [3.8, 4) is 0 Å². The number of imide groups is 1. The van der Waals surface area contributed by atoms with E-state index in [4.69, 9.17) is 0 Å². The van der Waals surface area contributed by atoms with Crippen LogP contribution in [0.25, 0.3) is 10.9 Å². The third-order valence-electron chi connectivity index (χ3n) is 5.31. The fourth-order valence-corrected chi connectivity index (χ4v) is 5.73. The van der Waals surface area contributed by atoms with Gasteiger partial charge < -0.3 is 4.98 Å². The largest absolute Gasteiger partial charge is 0.356 e. The first-order valence-corrected chi connectivity index (χ1v) is 10.2. The minimum absolute atomic E-state index is 0.0888. The Bertz CT molecular complexity index is 1060. The maximum absolute atomic E-state index is 13.0. The second-order valence-corrected chi connectivity index (χ2v) is 9.09. The lowest BCUT2D eigenvalue weighted by Gasteiger charge is -2.35. The molecule has 2 atom stereocenters. The van der Waals surface area contributed by atoms with Crippen LogP contribution in [0.2, 0.25) is 0 Å². The Morgan fingerprint density at radius 2 is 2.04 bits per heavy atom. The van der Waals surface area contributed by atoms with Crippen LogP contribution in [0, 0.1) is 0 Å². The minimum atomic E-state index is -0.431.